The minimum Gasteiger partial charge on any atom is -0.392 e. The van der Waals surface area contributed by atoms with Gasteiger partial charge in [0.25, 0.3) is 0 Å². The quantitative estimate of drug-likeness (QED) is 0.899. The minimum atomic E-state index is -3.51. The lowest BCUT2D eigenvalue weighted by Crippen LogP contribution is -2.42. The van der Waals surface area contributed by atoms with E-state index in [4.69, 9.17) is 0 Å². The fraction of sp³-hybridized carbons (Fsp3) is 0.571. The summed E-state index contributed by atoms with van der Waals surface area (Å²) in [5.74, 6) is 0.909. The van der Waals surface area contributed by atoms with Crippen LogP contribution in [0.4, 0.5) is 0 Å². The van der Waals surface area contributed by atoms with E-state index in [1.165, 1.54) is 0 Å². The first kappa shape index (κ1) is 15.9. The zero-order valence-electron chi connectivity index (χ0n) is 11.7. The van der Waals surface area contributed by atoms with Crippen molar-refractivity contribution in [2.75, 3.05) is 13.1 Å². The van der Waals surface area contributed by atoms with Crippen molar-refractivity contribution >= 4 is 26.0 Å². The van der Waals surface area contributed by atoms with Crippen LogP contribution >= 0.6 is 15.9 Å². The van der Waals surface area contributed by atoms with Gasteiger partial charge in [-0.3, -0.25) is 0 Å². The molecule has 6 heteroatoms. The summed E-state index contributed by atoms with van der Waals surface area (Å²) in [6, 6.07) is 4.93. The van der Waals surface area contributed by atoms with Gasteiger partial charge in [0, 0.05) is 17.6 Å². The van der Waals surface area contributed by atoms with E-state index in [-0.39, 0.29) is 11.5 Å². The molecular formula is C14H20BrNO3S. The van der Waals surface area contributed by atoms with Crippen LogP contribution in [0.15, 0.2) is 27.6 Å². The number of nitrogens with zero attached hydrogens (tertiary/aromatic N) is 1. The van der Waals surface area contributed by atoms with E-state index in [0.717, 1.165) is 6.42 Å². The number of halogens is 1. The number of sulfonamides is 1. The molecule has 0 spiro atoms. The van der Waals surface area contributed by atoms with Crippen LogP contribution in [-0.2, 0) is 16.6 Å². The Balaban J connectivity index is 2.35. The second-order valence-electron chi connectivity index (χ2n) is 5.53. The largest absolute Gasteiger partial charge is 0.392 e. The average molecular weight is 362 g/mol. The fourth-order valence-electron chi connectivity index (χ4n) is 2.43. The first-order chi connectivity index (χ1) is 9.36. The Hall–Kier alpha value is -0.430. The third-order valence-electron chi connectivity index (χ3n) is 4.09. The number of hydrogen-bond acceptors (Lipinski definition) is 3. The van der Waals surface area contributed by atoms with Gasteiger partial charge in [0.1, 0.15) is 0 Å². The Bertz CT molecular complexity index is 588. The molecule has 112 valence electrons. The van der Waals surface area contributed by atoms with E-state index in [2.05, 4.69) is 29.8 Å². The lowest BCUT2D eigenvalue weighted by atomic mass is 9.90. The van der Waals surface area contributed by atoms with Crippen LogP contribution in [0.25, 0.3) is 0 Å². The highest BCUT2D eigenvalue weighted by Crippen LogP contribution is 2.31. The molecule has 4 nitrogen and oxygen atoms in total. The summed E-state index contributed by atoms with van der Waals surface area (Å²) in [6.45, 7) is 5.20. The second kappa shape index (κ2) is 6.13. The molecule has 20 heavy (non-hydrogen) atoms. The summed E-state index contributed by atoms with van der Waals surface area (Å²) in [5.41, 5.74) is 0.602. The summed E-state index contributed by atoms with van der Waals surface area (Å²) < 4.78 is 27.6. The number of benzene rings is 1. The number of piperidine rings is 1. The van der Waals surface area contributed by atoms with Gasteiger partial charge in [-0.15, -0.1) is 0 Å². The van der Waals surface area contributed by atoms with Crippen molar-refractivity contribution in [1.82, 2.24) is 4.31 Å². The van der Waals surface area contributed by atoms with E-state index < -0.39 is 10.0 Å². The van der Waals surface area contributed by atoms with Gasteiger partial charge in [-0.2, -0.15) is 4.31 Å². The lowest BCUT2D eigenvalue weighted by Gasteiger charge is -2.34. The molecule has 1 saturated heterocycles. The Kier molecular flexibility index (Phi) is 4.89. The minimum absolute atomic E-state index is 0.163. The van der Waals surface area contributed by atoms with E-state index in [0.29, 0.717) is 35.0 Å². The van der Waals surface area contributed by atoms with Crippen LogP contribution < -0.4 is 0 Å². The van der Waals surface area contributed by atoms with Gasteiger partial charge in [-0.05, 0) is 51.9 Å². The zero-order chi connectivity index (χ0) is 14.9. The molecular weight excluding hydrogens is 342 g/mol. The predicted molar refractivity (Wildman–Crippen MR) is 81.8 cm³/mol. The van der Waals surface area contributed by atoms with Gasteiger partial charge in [0.05, 0.1) is 11.5 Å². The van der Waals surface area contributed by atoms with Gasteiger partial charge < -0.3 is 5.11 Å². The van der Waals surface area contributed by atoms with Gasteiger partial charge in [0.15, 0.2) is 0 Å². The summed E-state index contributed by atoms with van der Waals surface area (Å²) in [4.78, 5) is 0.241. The maximum atomic E-state index is 12.7. The highest BCUT2D eigenvalue weighted by Gasteiger charge is 2.32. The Morgan fingerprint density at radius 1 is 1.35 bits per heavy atom. The summed E-state index contributed by atoms with van der Waals surface area (Å²) >= 11 is 3.30. The van der Waals surface area contributed by atoms with Crippen LogP contribution in [-0.4, -0.2) is 30.9 Å². The van der Waals surface area contributed by atoms with E-state index in [9.17, 15) is 13.5 Å². The van der Waals surface area contributed by atoms with Crippen molar-refractivity contribution in [1.29, 1.82) is 0 Å². The van der Waals surface area contributed by atoms with Gasteiger partial charge >= 0.3 is 0 Å². The fourth-order valence-corrected chi connectivity index (χ4v) is 4.96. The van der Waals surface area contributed by atoms with Crippen molar-refractivity contribution in [3.05, 3.63) is 28.2 Å². The third-order valence-corrected chi connectivity index (χ3v) is 6.95. The average Bonchev–Trinajstić information content (AvgIpc) is 2.42. The van der Waals surface area contributed by atoms with Crippen molar-refractivity contribution in [3.8, 4) is 0 Å². The maximum absolute atomic E-state index is 12.7. The second-order valence-corrected chi connectivity index (χ2v) is 8.29. The molecule has 1 aromatic rings. The molecule has 0 amide bonds. The molecule has 2 unspecified atom stereocenters. The number of rotatable bonds is 3. The monoisotopic (exact) mass is 361 g/mol. The van der Waals surface area contributed by atoms with Crippen molar-refractivity contribution in [3.63, 3.8) is 0 Å². The van der Waals surface area contributed by atoms with Crippen molar-refractivity contribution in [2.24, 2.45) is 11.8 Å². The van der Waals surface area contributed by atoms with Gasteiger partial charge in [-0.25, -0.2) is 8.42 Å². The molecule has 1 aliphatic rings. The molecule has 1 N–H and O–H groups in total. The SMILES string of the molecule is CC1CCN(S(=O)(=O)c2cc(CO)ccc2Br)CC1C. The summed E-state index contributed by atoms with van der Waals surface area (Å²) in [5, 5.41) is 9.18. The lowest BCUT2D eigenvalue weighted by molar-refractivity contribution is 0.212. The predicted octanol–water partition coefficient (Wildman–Crippen LogP) is 2.61. The molecule has 0 aromatic heterocycles. The molecule has 2 atom stereocenters. The maximum Gasteiger partial charge on any atom is 0.244 e. The molecule has 2 rings (SSSR count). The smallest absolute Gasteiger partial charge is 0.244 e. The van der Waals surface area contributed by atoms with Crippen LogP contribution in [0.1, 0.15) is 25.8 Å². The number of aliphatic hydroxyl groups is 1. The van der Waals surface area contributed by atoms with Gasteiger partial charge in [-0.1, -0.05) is 19.9 Å². The van der Waals surface area contributed by atoms with Crippen LogP contribution in [0, 0.1) is 11.8 Å². The molecule has 1 fully saturated rings. The van der Waals surface area contributed by atoms with Crippen LogP contribution in [0.5, 0.6) is 0 Å². The molecule has 0 aliphatic carbocycles. The third kappa shape index (κ3) is 3.08. The summed E-state index contributed by atoms with van der Waals surface area (Å²) in [6.07, 6.45) is 0.887. The summed E-state index contributed by atoms with van der Waals surface area (Å²) in [7, 11) is -3.51. The van der Waals surface area contributed by atoms with Crippen molar-refractivity contribution < 1.29 is 13.5 Å². The zero-order valence-corrected chi connectivity index (χ0v) is 14.1. The molecule has 1 aromatic carbocycles. The van der Waals surface area contributed by atoms with Crippen molar-refractivity contribution in [2.45, 2.75) is 31.8 Å². The molecule has 1 aliphatic heterocycles. The Morgan fingerprint density at radius 2 is 2.05 bits per heavy atom. The molecule has 0 bridgehead atoms. The van der Waals surface area contributed by atoms with E-state index >= 15 is 0 Å². The van der Waals surface area contributed by atoms with E-state index in [1.54, 1.807) is 22.5 Å². The number of aliphatic hydroxyl groups excluding tert-OH is 1. The molecule has 0 radical (unpaired) electrons. The Labute approximate surface area is 129 Å². The Morgan fingerprint density at radius 3 is 2.65 bits per heavy atom. The van der Waals surface area contributed by atoms with E-state index in [1.807, 2.05) is 0 Å². The standard InChI is InChI=1S/C14H20BrNO3S/c1-10-5-6-16(8-11(10)2)20(18,19)14-7-12(9-17)3-4-13(14)15/h3-4,7,10-11,17H,5-6,8-9H2,1-2H3. The molecule has 1 heterocycles. The van der Waals surface area contributed by atoms with Gasteiger partial charge in [0.2, 0.25) is 10.0 Å². The first-order valence-corrected chi connectivity index (χ1v) is 8.99. The van der Waals surface area contributed by atoms with Crippen LogP contribution in [0.3, 0.4) is 0 Å². The topological polar surface area (TPSA) is 57.6 Å². The first-order valence-electron chi connectivity index (χ1n) is 6.75. The highest BCUT2D eigenvalue weighted by molar-refractivity contribution is 9.10. The molecule has 0 saturated carbocycles. The normalized spacial score (nSPS) is 24.8. The van der Waals surface area contributed by atoms with Crippen LogP contribution in [0.2, 0.25) is 0 Å². The highest BCUT2D eigenvalue weighted by atomic mass is 79.9. The number of hydrogen-bond donors (Lipinski definition) is 1.